The summed E-state index contributed by atoms with van der Waals surface area (Å²) in [5.41, 5.74) is 0.898. The van der Waals surface area contributed by atoms with Gasteiger partial charge in [-0.1, -0.05) is 37.3 Å². The summed E-state index contributed by atoms with van der Waals surface area (Å²) < 4.78 is 9.86. The van der Waals surface area contributed by atoms with Crippen molar-refractivity contribution in [3.8, 4) is 0 Å². The standard InChI is InChI=1S/C13H15NO4/c1-9-7-17-12(15)11(9)14-13(16)18-8-10-5-3-2-4-6-10/h2-6,9,11H,7-8H2,1H3,(H,14,16)/t9?,11-/m0/s1. The average molecular weight is 249 g/mol. The Morgan fingerprint density at radius 1 is 1.44 bits per heavy atom. The van der Waals surface area contributed by atoms with Crippen molar-refractivity contribution in [2.24, 2.45) is 5.92 Å². The summed E-state index contributed by atoms with van der Waals surface area (Å²) in [5, 5.41) is 2.51. The molecule has 2 rings (SSSR count). The van der Waals surface area contributed by atoms with Gasteiger partial charge in [0.2, 0.25) is 0 Å². The molecule has 1 aliphatic rings. The molecule has 0 bridgehead atoms. The first-order valence-electron chi connectivity index (χ1n) is 5.80. The summed E-state index contributed by atoms with van der Waals surface area (Å²) in [7, 11) is 0. The van der Waals surface area contributed by atoms with Gasteiger partial charge in [-0.3, -0.25) is 0 Å². The van der Waals surface area contributed by atoms with Crippen LogP contribution in [0.15, 0.2) is 30.3 Å². The maximum absolute atomic E-state index is 11.5. The van der Waals surface area contributed by atoms with Gasteiger partial charge < -0.3 is 14.8 Å². The molecule has 0 spiro atoms. The average Bonchev–Trinajstić information content (AvgIpc) is 2.69. The van der Waals surface area contributed by atoms with Crippen LogP contribution in [0.1, 0.15) is 12.5 Å². The molecule has 96 valence electrons. The van der Waals surface area contributed by atoms with E-state index in [1.807, 2.05) is 37.3 Å². The topological polar surface area (TPSA) is 64.6 Å². The lowest BCUT2D eigenvalue weighted by molar-refractivity contribution is -0.139. The van der Waals surface area contributed by atoms with Gasteiger partial charge in [0.1, 0.15) is 12.6 Å². The highest BCUT2D eigenvalue weighted by Gasteiger charge is 2.35. The molecule has 1 N–H and O–H groups in total. The van der Waals surface area contributed by atoms with E-state index in [0.29, 0.717) is 6.61 Å². The van der Waals surface area contributed by atoms with E-state index in [-0.39, 0.29) is 12.5 Å². The summed E-state index contributed by atoms with van der Waals surface area (Å²) in [4.78, 5) is 22.8. The molecule has 1 saturated heterocycles. The number of ether oxygens (including phenoxy) is 2. The van der Waals surface area contributed by atoms with Crippen molar-refractivity contribution in [3.63, 3.8) is 0 Å². The smallest absolute Gasteiger partial charge is 0.408 e. The number of hydrogen-bond acceptors (Lipinski definition) is 4. The number of carbonyl (C=O) groups is 2. The lowest BCUT2D eigenvalue weighted by atomic mass is 10.1. The van der Waals surface area contributed by atoms with Crippen LogP contribution < -0.4 is 5.32 Å². The van der Waals surface area contributed by atoms with Crippen molar-refractivity contribution in [1.29, 1.82) is 0 Å². The molecule has 0 aliphatic carbocycles. The third-order valence-electron chi connectivity index (χ3n) is 2.80. The molecule has 2 atom stereocenters. The van der Waals surface area contributed by atoms with Crippen LogP contribution in [0.25, 0.3) is 0 Å². The maximum Gasteiger partial charge on any atom is 0.408 e. The highest BCUT2D eigenvalue weighted by Crippen LogP contribution is 2.14. The molecule has 1 aliphatic heterocycles. The van der Waals surface area contributed by atoms with E-state index in [1.54, 1.807) is 0 Å². The van der Waals surface area contributed by atoms with E-state index in [2.05, 4.69) is 5.32 Å². The van der Waals surface area contributed by atoms with Crippen LogP contribution in [-0.2, 0) is 20.9 Å². The number of carbonyl (C=O) groups excluding carboxylic acids is 2. The number of rotatable bonds is 3. The number of nitrogens with one attached hydrogen (secondary N) is 1. The van der Waals surface area contributed by atoms with Gasteiger partial charge in [0.05, 0.1) is 6.61 Å². The normalized spacial score (nSPS) is 22.4. The molecule has 1 heterocycles. The van der Waals surface area contributed by atoms with Crippen LogP contribution in [0.2, 0.25) is 0 Å². The van der Waals surface area contributed by atoms with Crippen molar-refractivity contribution in [3.05, 3.63) is 35.9 Å². The number of esters is 1. The predicted molar refractivity (Wildman–Crippen MR) is 63.7 cm³/mol. The third kappa shape index (κ3) is 3.00. The van der Waals surface area contributed by atoms with Crippen molar-refractivity contribution in [2.45, 2.75) is 19.6 Å². The van der Waals surface area contributed by atoms with Gasteiger partial charge in [-0.2, -0.15) is 0 Å². The van der Waals surface area contributed by atoms with Crippen molar-refractivity contribution in [2.75, 3.05) is 6.61 Å². The van der Waals surface area contributed by atoms with Gasteiger partial charge in [0.25, 0.3) is 0 Å². The van der Waals surface area contributed by atoms with Crippen molar-refractivity contribution in [1.82, 2.24) is 5.32 Å². The van der Waals surface area contributed by atoms with E-state index in [0.717, 1.165) is 5.56 Å². The first-order chi connectivity index (χ1) is 8.66. The van der Waals surface area contributed by atoms with Gasteiger partial charge in [0.15, 0.2) is 0 Å². The third-order valence-corrected chi connectivity index (χ3v) is 2.80. The highest BCUT2D eigenvalue weighted by atomic mass is 16.6. The first kappa shape index (κ1) is 12.4. The molecule has 18 heavy (non-hydrogen) atoms. The molecular weight excluding hydrogens is 234 g/mol. The molecule has 0 aromatic heterocycles. The highest BCUT2D eigenvalue weighted by molar-refractivity contribution is 5.83. The second kappa shape index (κ2) is 5.53. The van der Waals surface area contributed by atoms with Gasteiger partial charge in [0, 0.05) is 5.92 Å². The summed E-state index contributed by atoms with van der Waals surface area (Å²) >= 11 is 0. The predicted octanol–water partition coefficient (Wildman–Crippen LogP) is 1.47. The monoisotopic (exact) mass is 249 g/mol. The quantitative estimate of drug-likeness (QED) is 0.824. The Kier molecular flexibility index (Phi) is 3.82. The lowest BCUT2D eigenvalue weighted by Crippen LogP contribution is -2.41. The molecule has 5 nitrogen and oxygen atoms in total. The Morgan fingerprint density at radius 2 is 2.17 bits per heavy atom. The van der Waals surface area contributed by atoms with E-state index < -0.39 is 18.1 Å². The van der Waals surface area contributed by atoms with Crippen LogP contribution in [0.5, 0.6) is 0 Å². The molecule has 0 saturated carbocycles. The number of alkyl carbamates (subject to hydrolysis) is 1. The largest absolute Gasteiger partial charge is 0.464 e. The SMILES string of the molecule is CC1COC(=O)[C@H]1NC(=O)OCc1ccccc1. The fourth-order valence-corrected chi connectivity index (χ4v) is 1.72. The molecule has 1 aromatic carbocycles. The molecule has 5 heteroatoms. The minimum Gasteiger partial charge on any atom is -0.464 e. The summed E-state index contributed by atoms with van der Waals surface area (Å²) in [6, 6.07) is 8.74. The van der Waals surface area contributed by atoms with E-state index in [4.69, 9.17) is 9.47 Å². The summed E-state index contributed by atoms with van der Waals surface area (Å²) in [6.07, 6.45) is -0.602. The second-order valence-electron chi connectivity index (χ2n) is 4.29. The van der Waals surface area contributed by atoms with E-state index >= 15 is 0 Å². The van der Waals surface area contributed by atoms with Crippen molar-refractivity contribution < 1.29 is 19.1 Å². The van der Waals surface area contributed by atoms with Gasteiger partial charge >= 0.3 is 12.1 Å². The fourth-order valence-electron chi connectivity index (χ4n) is 1.72. The zero-order chi connectivity index (χ0) is 13.0. The van der Waals surface area contributed by atoms with Crippen LogP contribution in [0.3, 0.4) is 0 Å². The van der Waals surface area contributed by atoms with Gasteiger partial charge in [-0.25, -0.2) is 9.59 Å². The lowest BCUT2D eigenvalue weighted by Gasteiger charge is -2.13. The molecule has 1 amide bonds. The van der Waals surface area contributed by atoms with Crippen molar-refractivity contribution >= 4 is 12.1 Å². The van der Waals surface area contributed by atoms with Gasteiger partial charge in [-0.05, 0) is 5.56 Å². The number of amides is 1. The summed E-state index contributed by atoms with van der Waals surface area (Å²) in [6.45, 7) is 2.36. The van der Waals surface area contributed by atoms with Gasteiger partial charge in [-0.15, -0.1) is 0 Å². The Bertz CT molecular complexity index is 432. The van der Waals surface area contributed by atoms with E-state index in [9.17, 15) is 9.59 Å². The zero-order valence-electron chi connectivity index (χ0n) is 10.1. The van der Waals surface area contributed by atoms with Crippen LogP contribution in [-0.4, -0.2) is 24.7 Å². The number of hydrogen-bond donors (Lipinski definition) is 1. The summed E-state index contributed by atoms with van der Waals surface area (Å²) in [5.74, 6) is -0.430. The minimum atomic E-state index is -0.603. The Labute approximate surface area is 105 Å². The zero-order valence-corrected chi connectivity index (χ0v) is 10.1. The molecule has 0 radical (unpaired) electrons. The Balaban J connectivity index is 1.80. The first-order valence-corrected chi connectivity index (χ1v) is 5.80. The van der Waals surface area contributed by atoms with Crippen LogP contribution >= 0.6 is 0 Å². The second-order valence-corrected chi connectivity index (χ2v) is 4.29. The molecule has 1 fully saturated rings. The number of benzene rings is 1. The van der Waals surface area contributed by atoms with E-state index in [1.165, 1.54) is 0 Å². The number of cyclic esters (lactones) is 1. The molecular formula is C13H15NO4. The Hall–Kier alpha value is -2.04. The molecule has 1 aromatic rings. The molecule has 1 unspecified atom stereocenters. The minimum absolute atomic E-state index is 0.0261. The fraction of sp³-hybridized carbons (Fsp3) is 0.385. The van der Waals surface area contributed by atoms with Crippen LogP contribution in [0.4, 0.5) is 4.79 Å². The Morgan fingerprint density at radius 3 is 2.78 bits per heavy atom. The maximum atomic E-state index is 11.5. The van der Waals surface area contributed by atoms with Crippen LogP contribution in [0, 0.1) is 5.92 Å².